The quantitative estimate of drug-likeness (QED) is 0.885. The zero-order valence-corrected chi connectivity index (χ0v) is 12.5. The molecule has 0 bridgehead atoms. The van der Waals surface area contributed by atoms with E-state index in [1.807, 2.05) is 12.1 Å². The lowest BCUT2D eigenvalue weighted by Gasteiger charge is -2.21. The fourth-order valence-corrected chi connectivity index (χ4v) is 3.43. The second-order valence-electron chi connectivity index (χ2n) is 5.55. The third-order valence-corrected chi connectivity index (χ3v) is 4.60. The summed E-state index contributed by atoms with van der Waals surface area (Å²) in [4.78, 5) is 0. The Hall–Kier alpha value is -1.29. The Morgan fingerprint density at radius 1 is 1.32 bits per heavy atom. The molecule has 0 spiro atoms. The van der Waals surface area contributed by atoms with Crippen LogP contribution in [0.3, 0.4) is 0 Å². The van der Waals surface area contributed by atoms with Gasteiger partial charge in [-0.05, 0) is 30.5 Å². The van der Waals surface area contributed by atoms with Crippen molar-refractivity contribution in [1.82, 2.24) is 5.16 Å². The number of benzene rings is 1. The van der Waals surface area contributed by atoms with Crippen LogP contribution in [0.4, 0.5) is 5.88 Å². The first-order valence-corrected chi connectivity index (χ1v) is 7.41. The Bertz CT molecular complexity index is 600. The molecule has 0 amide bonds. The van der Waals surface area contributed by atoms with Crippen molar-refractivity contribution in [3.63, 3.8) is 0 Å². The second kappa shape index (κ2) is 4.67. The Labute approximate surface area is 121 Å². The maximum atomic E-state index is 6.01. The second-order valence-corrected chi connectivity index (χ2v) is 6.46. The van der Waals surface area contributed by atoms with E-state index in [2.05, 4.69) is 40.1 Å². The van der Waals surface area contributed by atoms with Crippen molar-refractivity contribution in [2.45, 2.75) is 38.0 Å². The lowest BCUT2D eigenvalue weighted by atomic mass is 9.81. The lowest BCUT2D eigenvalue weighted by molar-refractivity contribution is 0.386. The Balaban J connectivity index is 2.13. The molecule has 1 aromatic heterocycles. The molecule has 1 heterocycles. The molecule has 2 aromatic rings. The monoisotopic (exact) mass is 320 g/mol. The highest BCUT2D eigenvalue weighted by atomic mass is 79.9. The average Bonchev–Trinajstić information content (AvgIpc) is 2.97. The van der Waals surface area contributed by atoms with E-state index in [1.165, 1.54) is 12.8 Å². The predicted octanol–water partition coefficient (Wildman–Crippen LogP) is 4.52. The van der Waals surface area contributed by atoms with Gasteiger partial charge in [0.1, 0.15) is 0 Å². The van der Waals surface area contributed by atoms with Gasteiger partial charge in [0.05, 0.1) is 11.3 Å². The van der Waals surface area contributed by atoms with Crippen molar-refractivity contribution in [2.24, 2.45) is 0 Å². The molecule has 0 unspecified atom stereocenters. The molecule has 1 aliphatic rings. The van der Waals surface area contributed by atoms with Gasteiger partial charge in [-0.25, -0.2) is 0 Å². The average molecular weight is 321 g/mol. The summed E-state index contributed by atoms with van der Waals surface area (Å²) in [7, 11) is 0. The third-order valence-electron chi connectivity index (χ3n) is 4.11. The van der Waals surface area contributed by atoms with Crippen LogP contribution in [0, 0.1) is 0 Å². The van der Waals surface area contributed by atoms with E-state index in [0.29, 0.717) is 5.88 Å². The minimum atomic E-state index is 0.0960. The van der Waals surface area contributed by atoms with Gasteiger partial charge in [0.15, 0.2) is 0 Å². The summed E-state index contributed by atoms with van der Waals surface area (Å²) < 4.78 is 6.32. The topological polar surface area (TPSA) is 52.0 Å². The van der Waals surface area contributed by atoms with Gasteiger partial charge in [0, 0.05) is 9.89 Å². The Morgan fingerprint density at radius 2 is 2.05 bits per heavy atom. The molecule has 1 saturated carbocycles. The minimum absolute atomic E-state index is 0.0960. The van der Waals surface area contributed by atoms with Gasteiger partial charge >= 0.3 is 0 Å². The summed E-state index contributed by atoms with van der Waals surface area (Å²) in [5.41, 5.74) is 9.15. The first-order chi connectivity index (χ1) is 9.10. The maximum Gasteiger partial charge on any atom is 0.230 e. The summed E-state index contributed by atoms with van der Waals surface area (Å²) in [6.07, 6.45) is 4.81. The van der Waals surface area contributed by atoms with Crippen LogP contribution in [0.2, 0.25) is 0 Å². The molecule has 3 nitrogen and oxygen atoms in total. The number of hydrogen-bond donors (Lipinski definition) is 1. The van der Waals surface area contributed by atoms with Crippen LogP contribution >= 0.6 is 15.9 Å². The van der Waals surface area contributed by atoms with Crippen molar-refractivity contribution in [1.29, 1.82) is 0 Å². The molecule has 0 saturated heterocycles. The lowest BCUT2D eigenvalue weighted by Crippen LogP contribution is -2.18. The van der Waals surface area contributed by atoms with E-state index in [9.17, 15) is 0 Å². The number of rotatable bonds is 2. The molecule has 3 rings (SSSR count). The number of halogens is 1. The third kappa shape index (κ3) is 2.18. The van der Waals surface area contributed by atoms with Gasteiger partial charge in [-0.2, -0.15) is 0 Å². The van der Waals surface area contributed by atoms with Gasteiger partial charge in [0.2, 0.25) is 5.88 Å². The summed E-state index contributed by atoms with van der Waals surface area (Å²) in [6.45, 7) is 2.26. The molecule has 2 N–H and O–H groups in total. The van der Waals surface area contributed by atoms with Gasteiger partial charge in [-0.15, -0.1) is 0 Å². The zero-order valence-electron chi connectivity index (χ0n) is 10.9. The number of hydrogen-bond acceptors (Lipinski definition) is 3. The molecule has 1 aromatic carbocycles. The van der Waals surface area contributed by atoms with Gasteiger partial charge in [-0.1, -0.05) is 53.0 Å². The Kier molecular flexibility index (Phi) is 3.13. The molecule has 0 atom stereocenters. The van der Waals surface area contributed by atoms with Crippen molar-refractivity contribution in [2.75, 3.05) is 5.73 Å². The van der Waals surface area contributed by atoms with E-state index in [1.54, 1.807) is 0 Å². The highest BCUT2D eigenvalue weighted by Crippen LogP contribution is 2.45. The molecule has 0 aliphatic heterocycles. The first kappa shape index (κ1) is 12.7. The number of nitrogens with zero attached hydrogens (tertiary/aromatic N) is 1. The summed E-state index contributed by atoms with van der Waals surface area (Å²) >= 11 is 3.50. The zero-order chi connectivity index (χ0) is 13.5. The van der Waals surface area contributed by atoms with Crippen LogP contribution in [-0.4, -0.2) is 5.16 Å². The summed E-state index contributed by atoms with van der Waals surface area (Å²) in [5, 5.41) is 4.26. The molecular weight excluding hydrogens is 304 g/mol. The number of nitrogens with two attached hydrogens (primary N) is 1. The molecular formula is C15H17BrN2O. The van der Waals surface area contributed by atoms with Crippen LogP contribution in [-0.2, 0) is 5.41 Å². The normalized spacial score (nSPS) is 17.8. The molecule has 0 radical (unpaired) electrons. The number of nitrogen functional groups attached to an aromatic ring is 1. The van der Waals surface area contributed by atoms with Crippen LogP contribution < -0.4 is 5.73 Å². The van der Waals surface area contributed by atoms with Crippen LogP contribution in [0.15, 0.2) is 33.3 Å². The molecule has 4 heteroatoms. The summed E-state index contributed by atoms with van der Waals surface area (Å²) in [5.74, 6) is 0.418. The van der Waals surface area contributed by atoms with Crippen molar-refractivity contribution < 1.29 is 4.52 Å². The van der Waals surface area contributed by atoms with Gasteiger partial charge < -0.3 is 10.3 Å². The van der Waals surface area contributed by atoms with Crippen LogP contribution in [0.1, 0.15) is 38.3 Å². The van der Waals surface area contributed by atoms with E-state index >= 15 is 0 Å². The minimum Gasteiger partial charge on any atom is -0.367 e. The highest BCUT2D eigenvalue weighted by Gasteiger charge is 2.37. The van der Waals surface area contributed by atoms with E-state index < -0.39 is 0 Å². The number of anilines is 1. The SMILES string of the molecule is CC1(c2noc(N)c2-c2cccc(Br)c2)CCCC1. The Morgan fingerprint density at radius 3 is 2.74 bits per heavy atom. The smallest absolute Gasteiger partial charge is 0.230 e. The molecule has 100 valence electrons. The summed E-state index contributed by atoms with van der Waals surface area (Å²) in [6, 6.07) is 8.12. The van der Waals surface area contributed by atoms with Gasteiger partial charge in [0.25, 0.3) is 0 Å². The van der Waals surface area contributed by atoms with E-state index in [4.69, 9.17) is 10.3 Å². The standard InChI is InChI=1S/C15H17BrN2O/c1-15(7-2-3-8-15)13-12(14(17)19-18-13)10-5-4-6-11(16)9-10/h4-6,9H,2-3,7-8,17H2,1H3. The van der Waals surface area contributed by atoms with E-state index in [0.717, 1.165) is 34.1 Å². The van der Waals surface area contributed by atoms with E-state index in [-0.39, 0.29) is 5.41 Å². The van der Waals surface area contributed by atoms with Crippen LogP contribution in [0.25, 0.3) is 11.1 Å². The molecule has 1 aliphatic carbocycles. The fraction of sp³-hybridized carbons (Fsp3) is 0.400. The van der Waals surface area contributed by atoms with Crippen molar-refractivity contribution >= 4 is 21.8 Å². The molecule has 1 fully saturated rings. The fourth-order valence-electron chi connectivity index (χ4n) is 3.03. The number of aromatic nitrogens is 1. The van der Waals surface area contributed by atoms with Gasteiger partial charge in [-0.3, -0.25) is 0 Å². The molecule has 19 heavy (non-hydrogen) atoms. The van der Waals surface area contributed by atoms with Crippen molar-refractivity contribution in [3.05, 3.63) is 34.4 Å². The van der Waals surface area contributed by atoms with Crippen molar-refractivity contribution in [3.8, 4) is 11.1 Å². The predicted molar refractivity (Wildman–Crippen MR) is 79.9 cm³/mol. The first-order valence-electron chi connectivity index (χ1n) is 6.62. The largest absolute Gasteiger partial charge is 0.367 e. The maximum absolute atomic E-state index is 6.01. The highest BCUT2D eigenvalue weighted by molar-refractivity contribution is 9.10. The van der Waals surface area contributed by atoms with Crippen LogP contribution in [0.5, 0.6) is 0 Å².